The molecule has 0 bridgehead atoms. The fourth-order valence-electron chi connectivity index (χ4n) is 2.41. The molecule has 2 heteroatoms. The van der Waals surface area contributed by atoms with Gasteiger partial charge in [-0.2, -0.15) is 0 Å². The quantitative estimate of drug-likeness (QED) is 0.655. The van der Waals surface area contributed by atoms with Crippen LogP contribution in [-0.2, 0) is 7.05 Å². The minimum absolute atomic E-state index is 0.0602. The number of hydrogen-bond acceptors (Lipinski definition) is 1. The van der Waals surface area contributed by atoms with Crippen LogP contribution in [-0.4, -0.2) is 10.4 Å². The Kier molecular flexibility index (Phi) is 3.21. The number of carbonyl (C=O) groups excluding carboxylic acids is 1. The molecule has 1 heterocycles. The first kappa shape index (κ1) is 12.4. The molecular formula is C18H15NO. The monoisotopic (exact) mass is 261 g/mol. The van der Waals surface area contributed by atoms with E-state index in [9.17, 15) is 4.79 Å². The van der Waals surface area contributed by atoms with Crippen LogP contribution in [0.1, 0.15) is 15.9 Å². The zero-order valence-electron chi connectivity index (χ0n) is 11.3. The van der Waals surface area contributed by atoms with Gasteiger partial charge in [0.15, 0.2) is 5.78 Å². The summed E-state index contributed by atoms with van der Waals surface area (Å²) in [7, 11) is 1.96. The van der Waals surface area contributed by atoms with Gasteiger partial charge in [-0.15, -0.1) is 0 Å². The van der Waals surface area contributed by atoms with Gasteiger partial charge < -0.3 is 4.57 Å². The van der Waals surface area contributed by atoms with Crippen molar-refractivity contribution in [3.63, 3.8) is 0 Å². The average Bonchev–Trinajstić information content (AvgIpc) is 2.90. The Hall–Kier alpha value is -2.61. The highest BCUT2D eigenvalue weighted by atomic mass is 16.1. The number of nitrogens with zero attached hydrogens (tertiary/aromatic N) is 1. The lowest BCUT2D eigenvalue weighted by Crippen LogP contribution is -2.03. The van der Waals surface area contributed by atoms with Crippen LogP contribution in [0, 0.1) is 0 Å². The van der Waals surface area contributed by atoms with Crippen LogP contribution in [0.5, 0.6) is 0 Å². The standard InChI is InChI=1S/C18H15NO/c1-19-13-12-16(17(19)14-8-4-2-5-9-14)18(20)15-10-6-3-7-11-15/h2-13H,1H3. The van der Waals surface area contributed by atoms with Gasteiger partial charge in [0.25, 0.3) is 0 Å². The largest absolute Gasteiger partial charge is 0.350 e. The Morgan fingerprint density at radius 1 is 0.850 bits per heavy atom. The number of aromatic nitrogens is 1. The summed E-state index contributed by atoms with van der Waals surface area (Å²) in [6, 6.07) is 21.3. The SMILES string of the molecule is Cn1ccc(C(=O)c2ccccc2)c1-c1ccccc1. The van der Waals surface area contributed by atoms with Gasteiger partial charge in [-0.25, -0.2) is 0 Å². The molecule has 98 valence electrons. The third-order valence-corrected chi connectivity index (χ3v) is 3.40. The molecule has 2 aromatic carbocycles. The van der Waals surface area contributed by atoms with Gasteiger partial charge in [0.1, 0.15) is 0 Å². The highest BCUT2D eigenvalue weighted by Crippen LogP contribution is 2.26. The van der Waals surface area contributed by atoms with E-state index in [-0.39, 0.29) is 5.78 Å². The van der Waals surface area contributed by atoms with E-state index < -0.39 is 0 Å². The van der Waals surface area contributed by atoms with Gasteiger partial charge in [-0.1, -0.05) is 60.7 Å². The maximum absolute atomic E-state index is 12.6. The molecule has 0 aliphatic heterocycles. The highest BCUT2D eigenvalue weighted by molar-refractivity contribution is 6.12. The molecule has 0 aliphatic rings. The number of ketones is 1. The van der Waals surface area contributed by atoms with Crippen LogP contribution in [0.25, 0.3) is 11.3 Å². The van der Waals surface area contributed by atoms with E-state index in [1.54, 1.807) is 0 Å². The zero-order valence-corrected chi connectivity index (χ0v) is 11.3. The summed E-state index contributed by atoms with van der Waals surface area (Å²) in [5.74, 6) is 0.0602. The molecule has 0 saturated carbocycles. The van der Waals surface area contributed by atoms with Gasteiger partial charge in [0, 0.05) is 24.4 Å². The first-order valence-electron chi connectivity index (χ1n) is 6.58. The van der Waals surface area contributed by atoms with Crippen molar-refractivity contribution in [2.75, 3.05) is 0 Å². The number of carbonyl (C=O) groups is 1. The molecule has 0 saturated heterocycles. The Morgan fingerprint density at radius 3 is 2.10 bits per heavy atom. The molecular weight excluding hydrogens is 246 g/mol. The number of rotatable bonds is 3. The maximum Gasteiger partial charge on any atom is 0.195 e. The first-order chi connectivity index (χ1) is 9.77. The molecule has 1 aromatic heterocycles. The van der Waals surface area contributed by atoms with Crippen LogP contribution in [0.2, 0.25) is 0 Å². The summed E-state index contributed by atoms with van der Waals surface area (Å²) in [5, 5.41) is 0. The third kappa shape index (κ3) is 2.16. The zero-order chi connectivity index (χ0) is 13.9. The molecule has 0 fully saturated rings. The Balaban J connectivity index is 2.11. The minimum atomic E-state index is 0.0602. The van der Waals surface area contributed by atoms with Gasteiger partial charge in [0.05, 0.1) is 5.69 Å². The highest BCUT2D eigenvalue weighted by Gasteiger charge is 2.17. The Bertz CT molecular complexity index is 727. The number of hydrogen-bond donors (Lipinski definition) is 0. The predicted octanol–water partition coefficient (Wildman–Crippen LogP) is 3.92. The smallest absolute Gasteiger partial charge is 0.195 e. The molecule has 3 rings (SSSR count). The third-order valence-electron chi connectivity index (χ3n) is 3.40. The van der Waals surface area contributed by atoms with Crippen molar-refractivity contribution in [1.82, 2.24) is 4.57 Å². The van der Waals surface area contributed by atoms with E-state index in [0.717, 1.165) is 22.4 Å². The molecule has 0 amide bonds. The van der Waals surface area contributed by atoms with Gasteiger partial charge in [-0.3, -0.25) is 4.79 Å². The minimum Gasteiger partial charge on any atom is -0.350 e. The van der Waals surface area contributed by atoms with Crippen LogP contribution < -0.4 is 0 Å². The van der Waals surface area contributed by atoms with Crippen molar-refractivity contribution in [1.29, 1.82) is 0 Å². The molecule has 0 radical (unpaired) electrons. The molecule has 0 aliphatic carbocycles. The predicted molar refractivity (Wildman–Crippen MR) is 80.7 cm³/mol. The fourth-order valence-corrected chi connectivity index (χ4v) is 2.41. The molecule has 0 spiro atoms. The lowest BCUT2D eigenvalue weighted by Gasteiger charge is -2.07. The maximum atomic E-state index is 12.6. The number of aryl methyl sites for hydroxylation is 1. The second-order valence-electron chi connectivity index (χ2n) is 4.75. The fraction of sp³-hybridized carbons (Fsp3) is 0.0556. The van der Waals surface area contributed by atoms with E-state index in [2.05, 4.69) is 0 Å². The van der Waals surface area contributed by atoms with Crippen molar-refractivity contribution in [3.05, 3.63) is 84.1 Å². The van der Waals surface area contributed by atoms with Crippen molar-refractivity contribution in [2.24, 2.45) is 7.05 Å². The van der Waals surface area contributed by atoms with Crippen molar-refractivity contribution in [2.45, 2.75) is 0 Å². The second-order valence-corrected chi connectivity index (χ2v) is 4.75. The summed E-state index contributed by atoms with van der Waals surface area (Å²) in [6.45, 7) is 0. The lowest BCUT2D eigenvalue weighted by atomic mass is 10.00. The Labute approximate surface area is 118 Å². The molecule has 20 heavy (non-hydrogen) atoms. The van der Waals surface area contributed by atoms with Gasteiger partial charge >= 0.3 is 0 Å². The summed E-state index contributed by atoms with van der Waals surface area (Å²) in [4.78, 5) is 12.6. The average molecular weight is 261 g/mol. The molecule has 3 aromatic rings. The lowest BCUT2D eigenvalue weighted by molar-refractivity contribution is 0.103. The van der Waals surface area contributed by atoms with Crippen LogP contribution >= 0.6 is 0 Å². The van der Waals surface area contributed by atoms with E-state index >= 15 is 0 Å². The second kappa shape index (κ2) is 5.17. The number of benzene rings is 2. The summed E-state index contributed by atoms with van der Waals surface area (Å²) in [6.07, 6.45) is 1.93. The molecule has 2 nitrogen and oxygen atoms in total. The summed E-state index contributed by atoms with van der Waals surface area (Å²) < 4.78 is 1.99. The van der Waals surface area contributed by atoms with Crippen LogP contribution in [0.15, 0.2) is 72.9 Å². The molecule has 0 N–H and O–H groups in total. The van der Waals surface area contributed by atoms with E-state index in [1.807, 2.05) is 84.5 Å². The summed E-state index contributed by atoms with van der Waals surface area (Å²) in [5.41, 5.74) is 3.47. The summed E-state index contributed by atoms with van der Waals surface area (Å²) >= 11 is 0. The van der Waals surface area contributed by atoms with Crippen LogP contribution in [0.4, 0.5) is 0 Å². The van der Waals surface area contributed by atoms with Crippen molar-refractivity contribution >= 4 is 5.78 Å². The van der Waals surface area contributed by atoms with E-state index in [4.69, 9.17) is 0 Å². The van der Waals surface area contributed by atoms with Crippen LogP contribution in [0.3, 0.4) is 0 Å². The van der Waals surface area contributed by atoms with Crippen molar-refractivity contribution < 1.29 is 4.79 Å². The first-order valence-corrected chi connectivity index (χ1v) is 6.58. The molecule has 0 unspecified atom stereocenters. The van der Waals surface area contributed by atoms with Gasteiger partial charge in [0.2, 0.25) is 0 Å². The molecule has 0 atom stereocenters. The Morgan fingerprint density at radius 2 is 1.45 bits per heavy atom. The normalized spacial score (nSPS) is 10.4. The van der Waals surface area contributed by atoms with Crippen molar-refractivity contribution in [3.8, 4) is 11.3 Å². The van der Waals surface area contributed by atoms with E-state index in [0.29, 0.717) is 0 Å². The van der Waals surface area contributed by atoms with E-state index in [1.165, 1.54) is 0 Å². The topological polar surface area (TPSA) is 22.0 Å². The van der Waals surface area contributed by atoms with Gasteiger partial charge in [-0.05, 0) is 11.6 Å².